The van der Waals surface area contributed by atoms with Crippen LogP contribution in [0.4, 0.5) is 11.6 Å². The van der Waals surface area contributed by atoms with E-state index in [9.17, 15) is 4.79 Å². The number of carbonyl (C=O) groups is 1. The van der Waals surface area contributed by atoms with Gasteiger partial charge in [0.25, 0.3) is 5.95 Å². The zero-order valence-electron chi connectivity index (χ0n) is 14.9. The molecule has 13 heteroatoms. The van der Waals surface area contributed by atoms with Gasteiger partial charge >= 0.3 is 0 Å². The lowest BCUT2D eigenvalue weighted by Gasteiger charge is -2.07. The molecule has 1 amide bonds. The second kappa shape index (κ2) is 10.2. The summed E-state index contributed by atoms with van der Waals surface area (Å²) in [4.78, 5) is 12.2. The van der Waals surface area contributed by atoms with Crippen molar-refractivity contribution >= 4 is 81.9 Å². The summed E-state index contributed by atoms with van der Waals surface area (Å²) in [5.41, 5.74) is 3.69. The number of aromatic nitrogens is 3. The van der Waals surface area contributed by atoms with Gasteiger partial charge in [0.1, 0.15) is 0 Å². The molecule has 156 valence electrons. The van der Waals surface area contributed by atoms with Crippen LogP contribution < -0.4 is 16.6 Å². The van der Waals surface area contributed by atoms with Crippen LogP contribution in [0.15, 0.2) is 46.7 Å². The average Bonchev–Trinajstić information content (AvgIpc) is 3.06. The van der Waals surface area contributed by atoms with Crippen LogP contribution in [0.3, 0.4) is 0 Å². The minimum Gasteiger partial charge on any atom is -0.334 e. The highest BCUT2D eigenvalue weighted by molar-refractivity contribution is 7.99. The van der Waals surface area contributed by atoms with Crippen LogP contribution in [0, 0.1) is 0 Å². The average molecular weight is 505 g/mol. The van der Waals surface area contributed by atoms with Gasteiger partial charge in [-0.05, 0) is 24.3 Å². The van der Waals surface area contributed by atoms with E-state index in [0.29, 0.717) is 36.5 Å². The molecule has 2 aromatic carbocycles. The number of nitrogens with one attached hydrogen (secondary N) is 2. The van der Waals surface area contributed by atoms with E-state index in [-0.39, 0.29) is 17.6 Å². The molecule has 0 saturated carbocycles. The molecule has 30 heavy (non-hydrogen) atoms. The van der Waals surface area contributed by atoms with Crippen LogP contribution in [-0.4, -0.2) is 32.7 Å². The molecule has 0 bridgehead atoms. The number of amides is 1. The van der Waals surface area contributed by atoms with Crippen LogP contribution in [0.25, 0.3) is 0 Å². The van der Waals surface area contributed by atoms with E-state index in [2.05, 4.69) is 26.0 Å². The van der Waals surface area contributed by atoms with Crippen molar-refractivity contribution in [1.29, 1.82) is 0 Å². The number of nitrogens with zero attached hydrogens (tertiary/aromatic N) is 4. The van der Waals surface area contributed by atoms with E-state index in [0.717, 1.165) is 11.8 Å². The van der Waals surface area contributed by atoms with Gasteiger partial charge in [-0.2, -0.15) is 5.10 Å². The van der Waals surface area contributed by atoms with Gasteiger partial charge in [-0.1, -0.05) is 70.3 Å². The van der Waals surface area contributed by atoms with E-state index in [1.165, 1.54) is 10.9 Å². The van der Waals surface area contributed by atoms with Crippen molar-refractivity contribution in [3.8, 4) is 0 Å². The van der Waals surface area contributed by atoms with Crippen molar-refractivity contribution in [2.24, 2.45) is 5.10 Å². The Kier molecular flexibility index (Phi) is 7.68. The molecule has 8 nitrogen and oxygen atoms in total. The standard InChI is InChI=1S/C17H13Cl4N7OS/c18-10-4-5-11(19)13(6-10)24-14(29)8-30-17-27-26-16(28(17)22)25-23-7-9-2-1-3-12(20)15(9)21/h1-7H,8,22H2,(H,24,29)(H,25,26)/b23-7+. The molecule has 4 N–H and O–H groups in total. The van der Waals surface area contributed by atoms with E-state index in [4.69, 9.17) is 52.2 Å². The fourth-order valence-corrected chi connectivity index (χ4v) is 3.49. The number of hydrazone groups is 1. The first-order valence-electron chi connectivity index (χ1n) is 8.16. The Labute approximate surface area is 195 Å². The summed E-state index contributed by atoms with van der Waals surface area (Å²) < 4.78 is 1.17. The van der Waals surface area contributed by atoms with Gasteiger partial charge in [0.2, 0.25) is 11.1 Å². The zero-order chi connectivity index (χ0) is 21.7. The summed E-state index contributed by atoms with van der Waals surface area (Å²) in [6.45, 7) is 0. The number of nitrogens with two attached hydrogens (primary N) is 1. The smallest absolute Gasteiger partial charge is 0.264 e. The van der Waals surface area contributed by atoms with Gasteiger partial charge in [0.05, 0.1) is 32.7 Å². The van der Waals surface area contributed by atoms with Gasteiger partial charge in [-0.15, -0.1) is 10.2 Å². The lowest BCUT2D eigenvalue weighted by atomic mass is 10.2. The molecule has 0 spiro atoms. The maximum Gasteiger partial charge on any atom is 0.264 e. The normalized spacial score (nSPS) is 11.1. The van der Waals surface area contributed by atoms with Crippen molar-refractivity contribution < 1.29 is 4.79 Å². The molecular formula is C17H13Cl4N7OS. The number of benzene rings is 2. The quantitative estimate of drug-likeness (QED) is 0.185. The van der Waals surface area contributed by atoms with Crippen molar-refractivity contribution in [3.63, 3.8) is 0 Å². The molecule has 1 aromatic heterocycles. The van der Waals surface area contributed by atoms with E-state index >= 15 is 0 Å². The fraction of sp³-hybridized carbons (Fsp3) is 0.0588. The minimum atomic E-state index is -0.310. The van der Waals surface area contributed by atoms with Crippen molar-refractivity contribution in [2.75, 3.05) is 22.3 Å². The number of hydrogen-bond donors (Lipinski definition) is 3. The number of carbonyl (C=O) groups excluding carboxylic acids is 1. The predicted molar refractivity (Wildman–Crippen MR) is 124 cm³/mol. The Hall–Kier alpha value is -2.17. The molecule has 1 heterocycles. The first kappa shape index (κ1) is 22.5. The maximum atomic E-state index is 12.2. The first-order chi connectivity index (χ1) is 14.3. The lowest BCUT2D eigenvalue weighted by molar-refractivity contribution is -0.113. The highest BCUT2D eigenvalue weighted by Gasteiger charge is 2.13. The molecule has 0 aliphatic heterocycles. The third-order valence-corrected chi connectivity index (χ3v) is 5.89. The summed E-state index contributed by atoms with van der Waals surface area (Å²) in [6, 6.07) is 9.95. The topological polar surface area (TPSA) is 110 Å². The molecule has 0 atom stereocenters. The van der Waals surface area contributed by atoms with Crippen molar-refractivity contribution in [2.45, 2.75) is 5.16 Å². The Morgan fingerprint density at radius 3 is 2.77 bits per heavy atom. The predicted octanol–water partition coefficient (Wildman–Crippen LogP) is 4.78. The second-order valence-electron chi connectivity index (χ2n) is 5.65. The number of rotatable bonds is 7. The minimum absolute atomic E-state index is 0.0273. The number of hydrogen-bond acceptors (Lipinski definition) is 7. The molecule has 0 saturated heterocycles. The molecule has 0 radical (unpaired) electrons. The number of halogens is 4. The SMILES string of the molecule is Nn1c(N/N=C/c2cccc(Cl)c2Cl)nnc1SCC(=O)Nc1cc(Cl)ccc1Cl. The number of nitrogen functional groups attached to an aromatic ring is 1. The van der Waals surface area contributed by atoms with Gasteiger partial charge in [-0.3, -0.25) is 4.79 Å². The number of anilines is 2. The van der Waals surface area contributed by atoms with Gasteiger partial charge in [0.15, 0.2) is 0 Å². The molecule has 3 rings (SSSR count). The lowest BCUT2D eigenvalue weighted by Crippen LogP contribution is -2.17. The zero-order valence-corrected chi connectivity index (χ0v) is 18.8. The Bertz CT molecular complexity index is 1110. The maximum absolute atomic E-state index is 12.2. The van der Waals surface area contributed by atoms with Crippen molar-refractivity contribution in [1.82, 2.24) is 14.9 Å². The van der Waals surface area contributed by atoms with Crippen LogP contribution in [-0.2, 0) is 4.79 Å². The van der Waals surface area contributed by atoms with Crippen LogP contribution in [0.1, 0.15) is 5.56 Å². The highest BCUT2D eigenvalue weighted by Crippen LogP contribution is 2.26. The molecule has 0 aliphatic rings. The van der Waals surface area contributed by atoms with Gasteiger partial charge in [-0.25, -0.2) is 10.1 Å². The molecule has 0 aliphatic carbocycles. The Morgan fingerprint density at radius 2 is 1.97 bits per heavy atom. The largest absolute Gasteiger partial charge is 0.334 e. The summed E-state index contributed by atoms with van der Waals surface area (Å²) in [5, 5.41) is 16.4. The van der Waals surface area contributed by atoms with Crippen molar-refractivity contribution in [3.05, 3.63) is 62.1 Å². The molecule has 0 fully saturated rings. The van der Waals surface area contributed by atoms with E-state index in [1.54, 1.807) is 36.4 Å². The van der Waals surface area contributed by atoms with Crippen LogP contribution in [0.2, 0.25) is 20.1 Å². The molecular weight excluding hydrogens is 492 g/mol. The van der Waals surface area contributed by atoms with Gasteiger partial charge in [0, 0.05) is 10.6 Å². The highest BCUT2D eigenvalue weighted by atomic mass is 35.5. The van der Waals surface area contributed by atoms with Crippen LogP contribution >= 0.6 is 58.2 Å². The third kappa shape index (κ3) is 5.71. The summed E-state index contributed by atoms with van der Waals surface area (Å²) in [7, 11) is 0. The van der Waals surface area contributed by atoms with E-state index in [1.807, 2.05) is 0 Å². The fourth-order valence-electron chi connectivity index (χ4n) is 2.14. The Balaban J connectivity index is 1.57. The first-order valence-corrected chi connectivity index (χ1v) is 10.7. The van der Waals surface area contributed by atoms with E-state index < -0.39 is 0 Å². The monoisotopic (exact) mass is 503 g/mol. The Morgan fingerprint density at radius 1 is 1.17 bits per heavy atom. The number of thioether (sulfide) groups is 1. The summed E-state index contributed by atoms with van der Waals surface area (Å²) in [5.74, 6) is 5.83. The molecule has 3 aromatic rings. The molecule has 0 unspecified atom stereocenters. The van der Waals surface area contributed by atoms with Gasteiger partial charge < -0.3 is 11.2 Å². The third-order valence-electron chi connectivity index (χ3n) is 3.55. The second-order valence-corrected chi connectivity index (χ2v) is 8.22. The summed E-state index contributed by atoms with van der Waals surface area (Å²) in [6.07, 6.45) is 1.47. The van der Waals surface area contributed by atoms with Crippen LogP contribution in [0.5, 0.6) is 0 Å². The summed E-state index contributed by atoms with van der Waals surface area (Å²) >= 11 is 25.1.